The molecular weight excluding hydrogens is 399 g/mol. The first-order chi connectivity index (χ1) is 10.1. The maximum Gasteiger partial charge on any atom is 0.257 e. The van der Waals surface area contributed by atoms with E-state index in [1.54, 1.807) is 12.1 Å². The van der Waals surface area contributed by atoms with Crippen LogP contribution < -0.4 is 10.6 Å². The molecule has 21 heavy (non-hydrogen) atoms. The maximum absolute atomic E-state index is 12.5. The van der Waals surface area contributed by atoms with E-state index in [1.165, 1.54) is 0 Å². The summed E-state index contributed by atoms with van der Waals surface area (Å²) in [6, 6.07) is 13.0. The molecule has 0 aliphatic rings. The van der Waals surface area contributed by atoms with E-state index in [0.717, 1.165) is 27.9 Å². The summed E-state index contributed by atoms with van der Waals surface area (Å²) in [6.07, 6.45) is 0.986. The zero-order valence-corrected chi connectivity index (χ0v) is 14.5. The number of carbonyl (C=O) groups excluding carboxylic acids is 1. The lowest BCUT2D eigenvalue weighted by Gasteiger charge is -2.13. The molecule has 0 radical (unpaired) electrons. The van der Waals surface area contributed by atoms with Crippen molar-refractivity contribution in [2.45, 2.75) is 13.3 Å². The topological polar surface area (TPSA) is 41.1 Å². The Morgan fingerprint density at radius 1 is 1.19 bits per heavy atom. The molecule has 2 aromatic carbocycles. The van der Waals surface area contributed by atoms with Crippen LogP contribution in [0.3, 0.4) is 0 Å². The molecule has 2 rings (SSSR count). The molecule has 5 heteroatoms. The minimum atomic E-state index is -0.166. The molecule has 1 amide bonds. The zero-order chi connectivity index (χ0) is 15.2. The number of benzene rings is 2. The molecule has 0 fully saturated rings. The highest BCUT2D eigenvalue weighted by Crippen LogP contribution is 2.23. The number of anilines is 2. The molecule has 2 N–H and O–H groups in total. The van der Waals surface area contributed by atoms with Gasteiger partial charge in [0.2, 0.25) is 0 Å². The number of hydrogen-bond acceptors (Lipinski definition) is 2. The third kappa shape index (κ3) is 4.35. The Morgan fingerprint density at radius 2 is 1.95 bits per heavy atom. The number of para-hydroxylation sites is 1. The first kappa shape index (κ1) is 16.1. The van der Waals surface area contributed by atoms with Crippen LogP contribution in [0.1, 0.15) is 23.7 Å². The van der Waals surface area contributed by atoms with Gasteiger partial charge in [-0.3, -0.25) is 4.79 Å². The van der Waals surface area contributed by atoms with Gasteiger partial charge in [-0.05, 0) is 59.3 Å². The van der Waals surface area contributed by atoms with Crippen LogP contribution in [0, 0.1) is 3.57 Å². The van der Waals surface area contributed by atoms with Crippen LogP contribution in [0.4, 0.5) is 11.4 Å². The molecule has 0 bridgehead atoms. The van der Waals surface area contributed by atoms with E-state index >= 15 is 0 Å². The van der Waals surface area contributed by atoms with Gasteiger partial charge >= 0.3 is 0 Å². The second kappa shape index (κ2) is 7.66. The van der Waals surface area contributed by atoms with Gasteiger partial charge in [0, 0.05) is 20.8 Å². The van der Waals surface area contributed by atoms with Crippen molar-refractivity contribution in [1.29, 1.82) is 0 Å². The second-order valence-corrected chi connectivity index (χ2v) is 6.15. The van der Waals surface area contributed by atoms with Crippen LogP contribution in [0.25, 0.3) is 0 Å². The van der Waals surface area contributed by atoms with Gasteiger partial charge in [-0.1, -0.05) is 30.7 Å². The lowest BCUT2D eigenvalue weighted by atomic mass is 10.1. The van der Waals surface area contributed by atoms with E-state index < -0.39 is 0 Å². The first-order valence-corrected chi connectivity index (χ1v) is 8.16. The highest BCUT2D eigenvalue weighted by molar-refractivity contribution is 14.1. The Labute approximate surface area is 143 Å². The monoisotopic (exact) mass is 414 g/mol. The standard InChI is InChI=1S/C16H16ClIN2O/c1-2-9-19-14-8-7-11(17)10-12(14)16(21)20-15-6-4-3-5-13(15)18/h3-8,10,19H,2,9H2,1H3,(H,20,21). The summed E-state index contributed by atoms with van der Waals surface area (Å²) < 4.78 is 0.994. The molecule has 2 aromatic rings. The summed E-state index contributed by atoms with van der Waals surface area (Å²) in [6.45, 7) is 2.89. The van der Waals surface area contributed by atoms with Crippen LogP contribution in [0.5, 0.6) is 0 Å². The first-order valence-electron chi connectivity index (χ1n) is 6.71. The smallest absolute Gasteiger partial charge is 0.257 e. The van der Waals surface area contributed by atoms with Gasteiger partial charge in [0.1, 0.15) is 0 Å². The fraction of sp³-hybridized carbons (Fsp3) is 0.188. The Morgan fingerprint density at radius 3 is 2.67 bits per heavy atom. The van der Waals surface area contributed by atoms with Gasteiger partial charge in [-0.25, -0.2) is 0 Å². The van der Waals surface area contributed by atoms with Gasteiger partial charge in [0.15, 0.2) is 0 Å². The van der Waals surface area contributed by atoms with Crippen molar-refractivity contribution >= 4 is 51.5 Å². The van der Waals surface area contributed by atoms with Crippen molar-refractivity contribution in [3.8, 4) is 0 Å². The molecule has 0 spiro atoms. The maximum atomic E-state index is 12.5. The number of nitrogens with one attached hydrogen (secondary N) is 2. The summed E-state index contributed by atoms with van der Waals surface area (Å²) in [5.74, 6) is -0.166. The number of hydrogen-bond donors (Lipinski definition) is 2. The van der Waals surface area contributed by atoms with E-state index in [1.807, 2.05) is 30.3 Å². The molecular formula is C16H16ClIN2O. The zero-order valence-electron chi connectivity index (χ0n) is 11.6. The van der Waals surface area contributed by atoms with Crippen LogP contribution >= 0.6 is 34.2 Å². The SMILES string of the molecule is CCCNc1ccc(Cl)cc1C(=O)Nc1ccccc1I. The Bertz CT molecular complexity index is 646. The third-order valence-electron chi connectivity index (χ3n) is 2.91. The summed E-state index contributed by atoms with van der Waals surface area (Å²) >= 11 is 8.21. The third-order valence-corrected chi connectivity index (χ3v) is 4.09. The normalized spacial score (nSPS) is 10.2. The van der Waals surface area contributed by atoms with Gasteiger partial charge in [-0.2, -0.15) is 0 Å². The minimum absolute atomic E-state index is 0.166. The van der Waals surface area contributed by atoms with Crippen LogP contribution in [0.15, 0.2) is 42.5 Å². The van der Waals surface area contributed by atoms with E-state index in [9.17, 15) is 4.79 Å². The molecule has 0 atom stereocenters. The molecule has 0 saturated carbocycles. The van der Waals surface area contributed by atoms with Crippen molar-refractivity contribution in [3.05, 3.63) is 56.6 Å². The van der Waals surface area contributed by atoms with E-state index in [0.29, 0.717) is 10.6 Å². The van der Waals surface area contributed by atoms with Gasteiger partial charge in [0.05, 0.1) is 11.3 Å². The quantitative estimate of drug-likeness (QED) is 0.675. The number of halogens is 2. The second-order valence-electron chi connectivity index (χ2n) is 4.55. The highest BCUT2D eigenvalue weighted by Gasteiger charge is 2.13. The molecule has 0 saturated heterocycles. The van der Waals surface area contributed by atoms with Crippen molar-refractivity contribution in [2.24, 2.45) is 0 Å². The van der Waals surface area contributed by atoms with Crippen molar-refractivity contribution in [1.82, 2.24) is 0 Å². The van der Waals surface area contributed by atoms with E-state index in [-0.39, 0.29) is 5.91 Å². The summed E-state index contributed by atoms with van der Waals surface area (Å²) in [5.41, 5.74) is 2.14. The molecule has 0 heterocycles. The Kier molecular flexibility index (Phi) is 5.87. The highest BCUT2D eigenvalue weighted by atomic mass is 127. The Balaban J connectivity index is 2.25. The predicted octanol–water partition coefficient (Wildman–Crippen LogP) is 5.02. The minimum Gasteiger partial charge on any atom is -0.384 e. The predicted molar refractivity (Wildman–Crippen MR) is 97.3 cm³/mol. The fourth-order valence-corrected chi connectivity index (χ4v) is 2.56. The fourth-order valence-electron chi connectivity index (χ4n) is 1.87. The average Bonchev–Trinajstić information content (AvgIpc) is 2.48. The lowest BCUT2D eigenvalue weighted by molar-refractivity contribution is 0.102. The largest absolute Gasteiger partial charge is 0.384 e. The summed E-state index contributed by atoms with van der Waals surface area (Å²) in [5, 5.41) is 6.72. The van der Waals surface area contributed by atoms with Gasteiger partial charge < -0.3 is 10.6 Å². The average molecular weight is 415 g/mol. The summed E-state index contributed by atoms with van der Waals surface area (Å²) in [7, 11) is 0. The molecule has 0 aliphatic carbocycles. The van der Waals surface area contributed by atoms with Gasteiger partial charge in [-0.15, -0.1) is 0 Å². The van der Waals surface area contributed by atoms with Crippen molar-refractivity contribution in [3.63, 3.8) is 0 Å². The molecule has 0 unspecified atom stereocenters. The molecule has 0 aliphatic heterocycles. The summed E-state index contributed by atoms with van der Waals surface area (Å²) in [4.78, 5) is 12.5. The van der Waals surface area contributed by atoms with Crippen LogP contribution in [0.2, 0.25) is 5.02 Å². The van der Waals surface area contributed by atoms with Crippen LogP contribution in [-0.4, -0.2) is 12.5 Å². The molecule has 110 valence electrons. The van der Waals surface area contributed by atoms with Gasteiger partial charge in [0.25, 0.3) is 5.91 Å². The number of amides is 1. The molecule has 3 nitrogen and oxygen atoms in total. The van der Waals surface area contributed by atoms with E-state index in [2.05, 4.69) is 40.1 Å². The Hall–Kier alpha value is -1.27. The number of carbonyl (C=O) groups is 1. The van der Waals surface area contributed by atoms with Crippen molar-refractivity contribution in [2.75, 3.05) is 17.2 Å². The molecule has 0 aromatic heterocycles. The van der Waals surface area contributed by atoms with Crippen LogP contribution in [-0.2, 0) is 0 Å². The number of rotatable bonds is 5. The van der Waals surface area contributed by atoms with E-state index in [4.69, 9.17) is 11.6 Å². The van der Waals surface area contributed by atoms with Crippen molar-refractivity contribution < 1.29 is 4.79 Å². The lowest BCUT2D eigenvalue weighted by Crippen LogP contribution is -2.15.